The number of amides is 1. The number of methoxy groups -OCH3 is 2. The van der Waals surface area contributed by atoms with Crippen molar-refractivity contribution in [1.82, 2.24) is 4.90 Å². The molecule has 1 aromatic carbocycles. The van der Waals surface area contributed by atoms with Gasteiger partial charge in [0, 0.05) is 18.7 Å². The first kappa shape index (κ1) is 18.6. The smallest absolute Gasteiger partial charge is 0.406 e. The number of alkyl halides is 3. The van der Waals surface area contributed by atoms with Gasteiger partial charge in [0.1, 0.15) is 18.0 Å². The molecule has 0 saturated carbocycles. The van der Waals surface area contributed by atoms with Crippen LogP contribution in [0.4, 0.5) is 13.2 Å². The van der Waals surface area contributed by atoms with Crippen LogP contribution < -0.4 is 9.47 Å². The molecule has 0 heterocycles. The Hall–Kier alpha value is -2.44. The van der Waals surface area contributed by atoms with E-state index >= 15 is 0 Å². The van der Waals surface area contributed by atoms with Crippen LogP contribution in [0.5, 0.6) is 11.5 Å². The Bertz CT molecular complexity index is 560. The van der Waals surface area contributed by atoms with Gasteiger partial charge in [-0.2, -0.15) is 13.2 Å². The van der Waals surface area contributed by atoms with Crippen molar-refractivity contribution in [2.45, 2.75) is 6.18 Å². The number of ether oxygens (including phenoxy) is 2. The molecule has 0 aliphatic carbocycles. The highest BCUT2D eigenvalue weighted by Crippen LogP contribution is 2.23. The molecule has 126 valence electrons. The second-order valence-electron chi connectivity index (χ2n) is 4.60. The average molecular weight is 329 g/mol. The standard InChI is InChI=1S/C16H18F3NO3/c1-4-7-20(11-16(17,18)19)15(21)6-5-12-8-13(22-2)10-14(9-12)23-3/h4-6,8-10H,1,7,11H2,2-3H3/b6-5+. The van der Waals surface area contributed by atoms with E-state index in [1.807, 2.05) is 0 Å². The molecule has 7 heteroatoms. The lowest BCUT2D eigenvalue weighted by Gasteiger charge is -2.20. The number of hydrogen-bond acceptors (Lipinski definition) is 3. The van der Waals surface area contributed by atoms with Gasteiger partial charge in [-0.15, -0.1) is 6.58 Å². The zero-order chi connectivity index (χ0) is 17.5. The molecule has 0 aliphatic heterocycles. The molecule has 0 N–H and O–H groups in total. The lowest BCUT2D eigenvalue weighted by atomic mass is 10.2. The first-order valence-corrected chi connectivity index (χ1v) is 6.66. The van der Waals surface area contributed by atoms with Crippen molar-refractivity contribution in [2.24, 2.45) is 0 Å². The van der Waals surface area contributed by atoms with Crippen LogP contribution in [0, 0.1) is 0 Å². The molecular weight excluding hydrogens is 311 g/mol. The van der Waals surface area contributed by atoms with E-state index < -0.39 is 18.6 Å². The summed E-state index contributed by atoms with van der Waals surface area (Å²) in [7, 11) is 2.95. The molecule has 0 atom stereocenters. The summed E-state index contributed by atoms with van der Waals surface area (Å²) in [5, 5.41) is 0. The summed E-state index contributed by atoms with van der Waals surface area (Å²) in [6, 6.07) is 4.91. The fourth-order valence-electron chi connectivity index (χ4n) is 1.80. The fraction of sp³-hybridized carbons (Fsp3) is 0.312. The van der Waals surface area contributed by atoms with E-state index in [1.54, 1.807) is 18.2 Å². The maximum Gasteiger partial charge on any atom is 0.406 e. The van der Waals surface area contributed by atoms with Crippen LogP contribution in [0.15, 0.2) is 36.9 Å². The van der Waals surface area contributed by atoms with Crippen LogP contribution in [0.3, 0.4) is 0 Å². The minimum Gasteiger partial charge on any atom is -0.497 e. The Balaban J connectivity index is 2.92. The van der Waals surface area contributed by atoms with Gasteiger partial charge in [0.05, 0.1) is 14.2 Å². The summed E-state index contributed by atoms with van der Waals surface area (Å²) in [5.41, 5.74) is 0.570. The third-order valence-electron chi connectivity index (χ3n) is 2.82. The molecule has 0 saturated heterocycles. The lowest BCUT2D eigenvalue weighted by Crippen LogP contribution is -2.38. The number of benzene rings is 1. The van der Waals surface area contributed by atoms with E-state index in [0.29, 0.717) is 22.0 Å². The zero-order valence-electron chi connectivity index (χ0n) is 12.9. The van der Waals surface area contributed by atoms with Crippen molar-refractivity contribution >= 4 is 12.0 Å². The number of hydrogen-bond donors (Lipinski definition) is 0. The summed E-state index contributed by atoms with van der Waals surface area (Å²) in [4.78, 5) is 12.6. The summed E-state index contributed by atoms with van der Waals surface area (Å²) in [6.07, 6.45) is -0.749. The number of carbonyl (C=O) groups excluding carboxylic acids is 1. The summed E-state index contributed by atoms with van der Waals surface area (Å²) in [5.74, 6) is 0.258. The van der Waals surface area contributed by atoms with E-state index in [1.165, 1.54) is 26.4 Å². The predicted molar refractivity (Wildman–Crippen MR) is 81.4 cm³/mol. The third kappa shape index (κ3) is 6.46. The molecule has 0 aliphatic rings. The number of carbonyl (C=O) groups is 1. The minimum atomic E-state index is -4.47. The SMILES string of the molecule is C=CCN(CC(F)(F)F)C(=O)/C=C/c1cc(OC)cc(OC)c1. The summed E-state index contributed by atoms with van der Waals surface area (Å²) >= 11 is 0. The van der Waals surface area contributed by atoms with Gasteiger partial charge in [0.15, 0.2) is 0 Å². The number of halogens is 3. The van der Waals surface area contributed by atoms with Crippen molar-refractivity contribution in [1.29, 1.82) is 0 Å². The highest BCUT2D eigenvalue weighted by Gasteiger charge is 2.31. The van der Waals surface area contributed by atoms with Crippen LogP contribution in [0.2, 0.25) is 0 Å². The Morgan fingerprint density at radius 1 is 1.22 bits per heavy atom. The molecular formula is C16H18F3NO3. The van der Waals surface area contributed by atoms with Gasteiger partial charge in [-0.3, -0.25) is 4.79 Å². The number of rotatable bonds is 7. The third-order valence-corrected chi connectivity index (χ3v) is 2.82. The normalized spacial score (nSPS) is 11.3. The van der Waals surface area contributed by atoms with Crippen LogP contribution >= 0.6 is 0 Å². The second-order valence-corrected chi connectivity index (χ2v) is 4.60. The van der Waals surface area contributed by atoms with Crippen molar-refractivity contribution in [3.63, 3.8) is 0 Å². The zero-order valence-corrected chi connectivity index (χ0v) is 12.9. The predicted octanol–water partition coefficient (Wildman–Crippen LogP) is 3.29. The van der Waals surface area contributed by atoms with Crippen molar-refractivity contribution < 1.29 is 27.4 Å². The van der Waals surface area contributed by atoms with E-state index in [0.717, 1.165) is 6.08 Å². The second kappa shape index (κ2) is 8.26. The van der Waals surface area contributed by atoms with Gasteiger partial charge >= 0.3 is 6.18 Å². The van der Waals surface area contributed by atoms with Gasteiger partial charge in [-0.25, -0.2) is 0 Å². The Labute approximate surface area is 132 Å². The van der Waals surface area contributed by atoms with Crippen LogP contribution in [-0.2, 0) is 4.79 Å². The number of nitrogens with zero attached hydrogens (tertiary/aromatic N) is 1. The molecule has 0 aromatic heterocycles. The minimum absolute atomic E-state index is 0.190. The molecule has 1 rings (SSSR count). The van der Waals surface area contributed by atoms with Crippen LogP contribution in [-0.4, -0.2) is 44.3 Å². The van der Waals surface area contributed by atoms with Crippen molar-refractivity contribution in [2.75, 3.05) is 27.3 Å². The molecule has 23 heavy (non-hydrogen) atoms. The molecule has 4 nitrogen and oxygen atoms in total. The van der Waals surface area contributed by atoms with Crippen molar-refractivity contribution in [3.8, 4) is 11.5 Å². The van der Waals surface area contributed by atoms with Gasteiger partial charge in [-0.05, 0) is 23.8 Å². The van der Waals surface area contributed by atoms with E-state index in [-0.39, 0.29) is 6.54 Å². The Kier molecular flexibility index (Phi) is 6.68. The average Bonchev–Trinajstić information content (AvgIpc) is 2.50. The van der Waals surface area contributed by atoms with Gasteiger partial charge < -0.3 is 14.4 Å². The molecule has 1 amide bonds. The largest absolute Gasteiger partial charge is 0.497 e. The molecule has 0 spiro atoms. The monoisotopic (exact) mass is 329 g/mol. The lowest BCUT2D eigenvalue weighted by molar-refractivity contribution is -0.157. The molecule has 0 fully saturated rings. The molecule has 0 bridgehead atoms. The molecule has 0 radical (unpaired) electrons. The Morgan fingerprint density at radius 3 is 2.22 bits per heavy atom. The van der Waals surface area contributed by atoms with Crippen LogP contribution in [0.25, 0.3) is 6.08 Å². The quantitative estimate of drug-likeness (QED) is 0.569. The molecule has 0 unspecified atom stereocenters. The Morgan fingerprint density at radius 2 is 1.78 bits per heavy atom. The van der Waals surface area contributed by atoms with E-state index in [9.17, 15) is 18.0 Å². The van der Waals surface area contributed by atoms with Gasteiger partial charge in [-0.1, -0.05) is 6.08 Å². The van der Waals surface area contributed by atoms with Crippen molar-refractivity contribution in [3.05, 3.63) is 42.5 Å². The molecule has 1 aromatic rings. The first-order chi connectivity index (χ1) is 10.8. The van der Waals surface area contributed by atoms with E-state index in [2.05, 4.69) is 6.58 Å². The van der Waals surface area contributed by atoms with E-state index in [4.69, 9.17) is 9.47 Å². The highest BCUT2D eigenvalue weighted by atomic mass is 19.4. The topological polar surface area (TPSA) is 38.8 Å². The summed E-state index contributed by atoms with van der Waals surface area (Å²) < 4.78 is 47.6. The maximum absolute atomic E-state index is 12.5. The van der Waals surface area contributed by atoms with Crippen LogP contribution in [0.1, 0.15) is 5.56 Å². The van der Waals surface area contributed by atoms with Gasteiger partial charge in [0.25, 0.3) is 0 Å². The maximum atomic E-state index is 12.5. The highest BCUT2D eigenvalue weighted by molar-refractivity contribution is 5.92. The first-order valence-electron chi connectivity index (χ1n) is 6.66. The van der Waals surface area contributed by atoms with Gasteiger partial charge in [0.2, 0.25) is 5.91 Å². The summed E-state index contributed by atoms with van der Waals surface area (Å²) in [6.45, 7) is 1.84. The fourth-order valence-corrected chi connectivity index (χ4v) is 1.80.